The summed E-state index contributed by atoms with van der Waals surface area (Å²) in [7, 11) is 0. The molecule has 3 aromatic rings. The van der Waals surface area contributed by atoms with Crippen LogP contribution in [0.25, 0.3) is 10.8 Å². The number of fused-ring (bicyclic) bond motifs is 1. The Labute approximate surface area is 105 Å². The number of aliphatic hydroxyl groups excluding tert-OH is 1. The fraction of sp³-hybridized carbons (Fsp3) is 0.125. The van der Waals surface area contributed by atoms with E-state index >= 15 is 0 Å². The van der Waals surface area contributed by atoms with E-state index in [9.17, 15) is 5.11 Å². The second-order valence-corrected chi connectivity index (χ2v) is 4.46. The van der Waals surface area contributed by atoms with Gasteiger partial charge in [-0.2, -0.15) is 0 Å². The van der Waals surface area contributed by atoms with Gasteiger partial charge in [0.15, 0.2) is 0 Å². The lowest BCUT2D eigenvalue weighted by Crippen LogP contribution is -1.98. The molecule has 90 valence electrons. The lowest BCUT2D eigenvalue weighted by Gasteiger charge is -2.12. The molecule has 0 saturated carbocycles. The number of aliphatic hydroxyl groups is 1. The van der Waals surface area contributed by atoms with Gasteiger partial charge < -0.3 is 9.52 Å². The SMILES string of the molecule is Cc1cc(C(O)c2cccc3ccccc23)co1. The predicted molar refractivity (Wildman–Crippen MR) is 71.5 cm³/mol. The molecular formula is C16H14O2. The first-order chi connectivity index (χ1) is 8.75. The molecular weight excluding hydrogens is 224 g/mol. The molecule has 0 radical (unpaired) electrons. The Morgan fingerprint density at radius 2 is 1.83 bits per heavy atom. The normalized spacial score (nSPS) is 12.8. The molecule has 0 aliphatic heterocycles. The van der Waals surface area contributed by atoms with Crippen LogP contribution in [0.4, 0.5) is 0 Å². The van der Waals surface area contributed by atoms with Crippen LogP contribution >= 0.6 is 0 Å². The number of rotatable bonds is 2. The Morgan fingerprint density at radius 1 is 1.06 bits per heavy atom. The summed E-state index contributed by atoms with van der Waals surface area (Å²) in [5, 5.41) is 12.7. The van der Waals surface area contributed by atoms with Gasteiger partial charge in [0, 0.05) is 5.56 Å². The van der Waals surface area contributed by atoms with Crippen molar-refractivity contribution in [3.05, 3.63) is 71.7 Å². The van der Waals surface area contributed by atoms with Crippen LogP contribution < -0.4 is 0 Å². The highest BCUT2D eigenvalue weighted by Crippen LogP contribution is 2.29. The molecule has 2 nitrogen and oxygen atoms in total. The van der Waals surface area contributed by atoms with Crippen molar-refractivity contribution in [1.29, 1.82) is 0 Å². The Kier molecular flexibility index (Phi) is 2.65. The molecule has 18 heavy (non-hydrogen) atoms. The van der Waals surface area contributed by atoms with E-state index in [1.165, 1.54) is 0 Å². The van der Waals surface area contributed by atoms with Crippen LogP contribution in [-0.2, 0) is 0 Å². The number of furan rings is 1. The number of hydrogen-bond acceptors (Lipinski definition) is 2. The molecule has 0 saturated heterocycles. The van der Waals surface area contributed by atoms with Gasteiger partial charge in [0.05, 0.1) is 6.26 Å². The van der Waals surface area contributed by atoms with Crippen molar-refractivity contribution in [3.8, 4) is 0 Å². The van der Waals surface area contributed by atoms with Gasteiger partial charge in [0.1, 0.15) is 11.9 Å². The van der Waals surface area contributed by atoms with E-state index in [0.717, 1.165) is 27.7 Å². The Bertz CT molecular complexity index is 677. The summed E-state index contributed by atoms with van der Waals surface area (Å²) in [5.74, 6) is 0.810. The minimum Gasteiger partial charge on any atom is -0.469 e. The average molecular weight is 238 g/mol. The van der Waals surface area contributed by atoms with Crippen molar-refractivity contribution in [2.75, 3.05) is 0 Å². The van der Waals surface area contributed by atoms with Gasteiger partial charge in [-0.25, -0.2) is 0 Å². The summed E-state index contributed by atoms with van der Waals surface area (Å²) >= 11 is 0. The lowest BCUT2D eigenvalue weighted by atomic mass is 9.97. The Morgan fingerprint density at radius 3 is 2.61 bits per heavy atom. The molecule has 0 fully saturated rings. The summed E-state index contributed by atoms with van der Waals surface area (Å²) < 4.78 is 5.26. The smallest absolute Gasteiger partial charge is 0.108 e. The highest BCUT2D eigenvalue weighted by molar-refractivity contribution is 5.86. The molecule has 1 atom stereocenters. The third-order valence-corrected chi connectivity index (χ3v) is 3.18. The molecule has 0 spiro atoms. The molecule has 1 heterocycles. The molecule has 1 aromatic heterocycles. The molecule has 1 unspecified atom stereocenters. The van der Waals surface area contributed by atoms with E-state index in [2.05, 4.69) is 0 Å². The van der Waals surface area contributed by atoms with Crippen LogP contribution in [0, 0.1) is 6.92 Å². The predicted octanol–water partition coefficient (Wildman–Crippen LogP) is 3.82. The van der Waals surface area contributed by atoms with E-state index < -0.39 is 6.10 Å². The van der Waals surface area contributed by atoms with E-state index in [-0.39, 0.29) is 0 Å². The fourth-order valence-corrected chi connectivity index (χ4v) is 2.28. The highest BCUT2D eigenvalue weighted by Gasteiger charge is 2.15. The van der Waals surface area contributed by atoms with Crippen molar-refractivity contribution < 1.29 is 9.52 Å². The molecule has 0 amide bonds. The van der Waals surface area contributed by atoms with Crippen LogP contribution in [0.1, 0.15) is 23.0 Å². The molecule has 0 aliphatic carbocycles. The maximum atomic E-state index is 10.4. The molecule has 1 N–H and O–H groups in total. The van der Waals surface area contributed by atoms with Gasteiger partial charge in [-0.3, -0.25) is 0 Å². The third kappa shape index (κ3) is 1.81. The summed E-state index contributed by atoms with van der Waals surface area (Å²) in [4.78, 5) is 0. The van der Waals surface area contributed by atoms with Crippen molar-refractivity contribution in [3.63, 3.8) is 0 Å². The second-order valence-electron chi connectivity index (χ2n) is 4.46. The monoisotopic (exact) mass is 238 g/mol. The maximum absolute atomic E-state index is 10.4. The standard InChI is InChI=1S/C16H14O2/c1-11-9-13(10-18-11)16(17)15-8-4-6-12-5-2-3-7-14(12)15/h2-10,16-17H,1H3. The summed E-state index contributed by atoms with van der Waals surface area (Å²) in [5.41, 5.74) is 1.71. The first-order valence-corrected chi connectivity index (χ1v) is 5.96. The third-order valence-electron chi connectivity index (χ3n) is 3.18. The van der Waals surface area contributed by atoms with Crippen LogP contribution in [0.3, 0.4) is 0 Å². The quantitative estimate of drug-likeness (QED) is 0.736. The van der Waals surface area contributed by atoms with Crippen LogP contribution in [0.15, 0.2) is 59.2 Å². The number of hydrogen-bond donors (Lipinski definition) is 1. The molecule has 0 bridgehead atoms. The summed E-state index contributed by atoms with van der Waals surface area (Å²) in [6.45, 7) is 1.87. The van der Waals surface area contributed by atoms with Gasteiger partial charge >= 0.3 is 0 Å². The van der Waals surface area contributed by atoms with E-state index in [0.29, 0.717) is 0 Å². The highest BCUT2D eigenvalue weighted by atomic mass is 16.3. The molecule has 2 heteroatoms. The average Bonchev–Trinajstić information content (AvgIpc) is 2.84. The van der Waals surface area contributed by atoms with Crippen LogP contribution in [0.5, 0.6) is 0 Å². The van der Waals surface area contributed by atoms with Crippen molar-refractivity contribution >= 4 is 10.8 Å². The topological polar surface area (TPSA) is 33.4 Å². The van der Waals surface area contributed by atoms with Gasteiger partial charge in [0.2, 0.25) is 0 Å². The largest absolute Gasteiger partial charge is 0.469 e. The van der Waals surface area contributed by atoms with Crippen molar-refractivity contribution in [2.45, 2.75) is 13.0 Å². The van der Waals surface area contributed by atoms with Gasteiger partial charge in [0.25, 0.3) is 0 Å². The zero-order valence-corrected chi connectivity index (χ0v) is 10.1. The number of aryl methyl sites for hydroxylation is 1. The van der Waals surface area contributed by atoms with Gasteiger partial charge in [-0.15, -0.1) is 0 Å². The first kappa shape index (κ1) is 11.1. The lowest BCUT2D eigenvalue weighted by molar-refractivity contribution is 0.221. The molecule has 3 rings (SSSR count). The summed E-state index contributed by atoms with van der Waals surface area (Å²) in [6, 6.07) is 15.9. The van der Waals surface area contributed by atoms with Crippen molar-refractivity contribution in [2.24, 2.45) is 0 Å². The number of benzene rings is 2. The van der Waals surface area contributed by atoms with Crippen molar-refractivity contribution in [1.82, 2.24) is 0 Å². The van der Waals surface area contributed by atoms with E-state index in [1.807, 2.05) is 55.5 Å². The Hall–Kier alpha value is -2.06. The molecule has 0 aliphatic rings. The molecule has 2 aromatic carbocycles. The zero-order valence-electron chi connectivity index (χ0n) is 10.1. The van der Waals surface area contributed by atoms with E-state index in [4.69, 9.17) is 4.42 Å². The summed E-state index contributed by atoms with van der Waals surface area (Å²) in [6.07, 6.45) is 0.968. The first-order valence-electron chi connectivity index (χ1n) is 5.96. The zero-order chi connectivity index (χ0) is 12.5. The van der Waals surface area contributed by atoms with Gasteiger partial charge in [-0.1, -0.05) is 42.5 Å². The van der Waals surface area contributed by atoms with E-state index in [1.54, 1.807) is 6.26 Å². The van der Waals surface area contributed by atoms with Crippen LogP contribution in [0.2, 0.25) is 0 Å². The minimum atomic E-state index is -0.645. The fourth-order valence-electron chi connectivity index (χ4n) is 2.28. The Balaban J connectivity index is 2.14. The second kappa shape index (κ2) is 4.31. The van der Waals surface area contributed by atoms with Crippen LogP contribution in [-0.4, -0.2) is 5.11 Å². The maximum Gasteiger partial charge on any atom is 0.108 e. The van der Waals surface area contributed by atoms with Gasteiger partial charge in [-0.05, 0) is 29.3 Å². The minimum absolute atomic E-state index is 0.645.